The number of hydrogen-bond acceptors (Lipinski definition) is 3. The lowest BCUT2D eigenvalue weighted by Crippen LogP contribution is -2.34. The Morgan fingerprint density at radius 1 is 1.33 bits per heavy atom. The Balaban J connectivity index is 1.78. The molecule has 1 aromatic heterocycles. The first kappa shape index (κ1) is 16.7. The smallest absolute Gasteiger partial charge is 0.253 e. The van der Waals surface area contributed by atoms with E-state index in [1.807, 2.05) is 24.5 Å². The van der Waals surface area contributed by atoms with Crippen LogP contribution in [0.3, 0.4) is 0 Å². The van der Waals surface area contributed by atoms with Crippen molar-refractivity contribution in [2.45, 2.75) is 20.0 Å². The molecule has 0 aliphatic carbocycles. The maximum absolute atomic E-state index is 13.1. The van der Waals surface area contributed by atoms with Crippen molar-refractivity contribution >= 4 is 5.91 Å². The normalized spacial score (nSPS) is 20.3. The zero-order valence-electron chi connectivity index (χ0n) is 13.8. The minimum atomic E-state index is -0.419. The Bertz CT molecular complexity index is 739. The summed E-state index contributed by atoms with van der Waals surface area (Å²) in [6, 6.07) is 8.03. The fourth-order valence-electron chi connectivity index (χ4n) is 3.23. The van der Waals surface area contributed by atoms with Crippen LogP contribution in [-0.2, 0) is 0 Å². The third-order valence-electron chi connectivity index (χ3n) is 4.59. The Morgan fingerprint density at radius 3 is 2.67 bits per heavy atom. The summed E-state index contributed by atoms with van der Waals surface area (Å²) >= 11 is 0. The van der Waals surface area contributed by atoms with Crippen molar-refractivity contribution in [1.82, 2.24) is 15.2 Å². The first-order valence-corrected chi connectivity index (χ1v) is 8.09. The largest absolute Gasteiger partial charge is 0.391 e. The zero-order chi connectivity index (χ0) is 17.3. The first-order chi connectivity index (χ1) is 11.5. The molecule has 1 saturated heterocycles. The molecular weight excluding hydrogens is 309 g/mol. The van der Waals surface area contributed by atoms with Crippen LogP contribution in [0.15, 0.2) is 30.3 Å². The van der Waals surface area contributed by atoms with Crippen LogP contribution in [0.25, 0.3) is 5.69 Å². The Morgan fingerprint density at radius 2 is 2.04 bits per heavy atom. The molecule has 2 atom stereocenters. The average molecular weight is 331 g/mol. The molecule has 128 valence electrons. The Hall–Kier alpha value is -2.18. The van der Waals surface area contributed by atoms with Gasteiger partial charge in [0.2, 0.25) is 0 Å². The van der Waals surface area contributed by atoms with E-state index in [4.69, 9.17) is 0 Å². The van der Waals surface area contributed by atoms with Gasteiger partial charge in [0, 0.05) is 42.6 Å². The van der Waals surface area contributed by atoms with Crippen LogP contribution in [0.5, 0.6) is 0 Å². The molecule has 1 aliphatic rings. The predicted octanol–water partition coefficient (Wildman–Crippen LogP) is 1.54. The van der Waals surface area contributed by atoms with Gasteiger partial charge in [-0.3, -0.25) is 4.79 Å². The van der Waals surface area contributed by atoms with Gasteiger partial charge in [0.1, 0.15) is 5.82 Å². The summed E-state index contributed by atoms with van der Waals surface area (Å²) in [5.41, 5.74) is 3.13. The van der Waals surface area contributed by atoms with Crippen LogP contribution in [0.4, 0.5) is 4.39 Å². The van der Waals surface area contributed by atoms with Crippen molar-refractivity contribution in [3.05, 3.63) is 53.1 Å². The second-order valence-corrected chi connectivity index (χ2v) is 6.29. The molecular formula is C18H22FN3O2. The molecule has 6 heteroatoms. The predicted molar refractivity (Wildman–Crippen MR) is 89.9 cm³/mol. The highest BCUT2D eigenvalue weighted by Crippen LogP contribution is 2.21. The van der Waals surface area contributed by atoms with Gasteiger partial charge in [-0.05, 0) is 44.2 Å². The summed E-state index contributed by atoms with van der Waals surface area (Å²) in [6.45, 7) is 5.50. The van der Waals surface area contributed by atoms with E-state index in [1.165, 1.54) is 12.1 Å². The maximum Gasteiger partial charge on any atom is 0.253 e. The SMILES string of the molecule is Cc1cc(C(=O)NCC2CNCC2O)c(C)n1-c1ccc(F)cc1. The minimum Gasteiger partial charge on any atom is -0.391 e. The van der Waals surface area contributed by atoms with Crippen LogP contribution >= 0.6 is 0 Å². The molecule has 3 rings (SSSR count). The third-order valence-corrected chi connectivity index (χ3v) is 4.59. The second kappa shape index (κ2) is 6.75. The maximum atomic E-state index is 13.1. The fourth-order valence-corrected chi connectivity index (χ4v) is 3.23. The van der Waals surface area contributed by atoms with Crippen LogP contribution in [0.2, 0.25) is 0 Å². The topological polar surface area (TPSA) is 66.3 Å². The number of aliphatic hydroxyl groups excluding tert-OH is 1. The first-order valence-electron chi connectivity index (χ1n) is 8.09. The lowest BCUT2D eigenvalue weighted by atomic mass is 10.1. The van der Waals surface area contributed by atoms with Gasteiger partial charge in [-0.1, -0.05) is 0 Å². The van der Waals surface area contributed by atoms with Crippen molar-refractivity contribution in [2.75, 3.05) is 19.6 Å². The number of nitrogens with one attached hydrogen (secondary N) is 2. The molecule has 3 N–H and O–H groups in total. The molecule has 2 aromatic rings. The average Bonchev–Trinajstić information content (AvgIpc) is 3.09. The van der Waals surface area contributed by atoms with Crippen molar-refractivity contribution in [1.29, 1.82) is 0 Å². The number of hydrogen-bond donors (Lipinski definition) is 3. The molecule has 2 heterocycles. The highest BCUT2D eigenvalue weighted by Gasteiger charge is 2.26. The number of β-amino-alcohol motifs (C(OH)–C–C–N with tert-alkyl or cyclic N) is 1. The number of carbonyl (C=O) groups is 1. The van der Waals surface area contributed by atoms with Crippen LogP contribution < -0.4 is 10.6 Å². The number of amides is 1. The number of carbonyl (C=O) groups excluding carboxylic acids is 1. The summed E-state index contributed by atoms with van der Waals surface area (Å²) in [5.74, 6) is -0.409. The second-order valence-electron chi connectivity index (χ2n) is 6.29. The van der Waals surface area contributed by atoms with E-state index in [-0.39, 0.29) is 17.6 Å². The van der Waals surface area contributed by atoms with Crippen LogP contribution in [0, 0.1) is 25.6 Å². The lowest BCUT2D eigenvalue weighted by Gasteiger charge is -2.14. The summed E-state index contributed by atoms with van der Waals surface area (Å²) in [4.78, 5) is 12.5. The Labute approximate surface area is 140 Å². The van der Waals surface area contributed by atoms with Crippen molar-refractivity contribution in [3.63, 3.8) is 0 Å². The van der Waals surface area contributed by atoms with E-state index < -0.39 is 6.10 Å². The fraction of sp³-hybridized carbons (Fsp3) is 0.389. The zero-order valence-corrected chi connectivity index (χ0v) is 13.8. The van der Waals surface area contributed by atoms with Crippen LogP contribution in [0.1, 0.15) is 21.7 Å². The van der Waals surface area contributed by atoms with E-state index in [0.717, 1.165) is 17.1 Å². The molecule has 1 aromatic carbocycles. The highest BCUT2D eigenvalue weighted by atomic mass is 19.1. The van der Waals surface area contributed by atoms with Crippen LogP contribution in [-0.4, -0.2) is 41.3 Å². The molecule has 24 heavy (non-hydrogen) atoms. The molecule has 0 radical (unpaired) electrons. The van der Waals surface area contributed by atoms with E-state index >= 15 is 0 Å². The summed E-state index contributed by atoms with van der Waals surface area (Å²) < 4.78 is 15.0. The van der Waals surface area contributed by atoms with Gasteiger partial charge in [-0.25, -0.2) is 4.39 Å². The Kier molecular flexibility index (Phi) is 4.69. The minimum absolute atomic E-state index is 0.0366. The number of aliphatic hydroxyl groups is 1. The number of aryl methyl sites for hydroxylation is 1. The molecule has 0 saturated carbocycles. The molecule has 1 aliphatic heterocycles. The summed E-state index contributed by atoms with van der Waals surface area (Å²) in [5, 5.41) is 15.8. The third kappa shape index (κ3) is 3.20. The van der Waals surface area contributed by atoms with E-state index in [1.54, 1.807) is 12.1 Å². The lowest BCUT2D eigenvalue weighted by molar-refractivity contribution is 0.0926. The molecule has 0 spiro atoms. The number of rotatable bonds is 4. The van der Waals surface area contributed by atoms with Crippen molar-refractivity contribution in [3.8, 4) is 5.69 Å². The molecule has 2 unspecified atom stereocenters. The van der Waals surface area contributed by atoms with Gasteiger partial charge in [-0.2, -0.15) is 0 Å². The molecule has 5 nitrogen and oxygen atoms in total. The van der Waals surface area contributed by atoms with E-state index in [0.29, 0.717) is 25.2 Å². The standard InChI is InChI=1S/C18H22FN3O2/c1-11-7-16(18(24)21-9-13-8-20-10-17(13)23)12(2)22(11)15-5-3-14(19)4-6-15/h3-7,13,17,20,23H,8-10H2,1-2H3,(H,21,24). The summed E-state index contributed by atoms with van der Waals surface area (Å²) in [7, 11) is 0. The summed E-state index contributed by atoms with van der Waals surface area (Å²) in [6.07, 6.45) is -0.419. The highest BCUT2D eigenvalue weighted by molar-refractivity contribution is 5.95. The van der Waals surface area contributed by atoms with E-state index in [9.17, 15) is 14.3 Å². The van der Waals surface area contributed by atoms with Gasteiger partial charge in [0.25, 0.3) is 5.91 Å². The monoisotopic (exact) mass is 331 g/mol. The number of benzene rings is 1. The quantitative estimate of drug-likeness (QED) is 0.796. The number of aromatic nitrogens is 1. The van der Waals surface area contributed by atoms with Gasteiger partial charge in [0.05, 0.1) is 11.7 Å². The van der Waals surface area contributed by atoms with Gasteiger partial charge in [0.15, 0.2) is 0 Å². The molecule has 1 fully saturated rings. The van der Waals surface area contributed by atoms with Crippen molar-refractivity contribution < 1.29 is 14.3 Å². The van der Waals surface area contributed by atoms with Gasteiger partial charge >= 0.3 is 0 Å². The van der Waals surface area contributed by atoms with Gasteiger partial charge in [-0.15, -0.1) is 0 Å². The van der Waals surface area contributed by atoms with Gasteiger partial charge < -0.3 is 20.3 Å². The molecule has 1 amide bonds. The van der Waals surface area contributed by atoms with Crippen molar-refractivity contribution in [2.24, 2.45) is 5.92 Å². The molecule has 0 bridgehead atoms. The number of halogens is 1. The number of nitrogens with zero attached hydrogens (tertiary/aromatic N) is 1. The van der Waals surface area contributed by atoms with E-state index in [2.05, 4.69) is 10.6 Å².